The molecule has 0 aromatic carbocycles. The number of aromatic amines is 1. The lowest BCUT2D eigenvalue weighted by atomic mass is 10.2. The van der Waals surface area contributed by atoms with E-state index < -0.39 is 11.9 Å². The molecular formula is C10H17N3O4. The summed E-state index contributed by atoms with van der Waals surface area (Å²) >= 11 is 0. The molecule has 7 nitrogen and oxygen atoms in total. The summed E-state index contributed by atoms with van der Waals surface area (Å²) < 4.78 is 0. The number of carboxylic acids is 2. The van der Waals surface area contributed by atoms with Gasteiger partial charge in [-0.05, 0) is 13.0 Å². The van der Waals surface area contributed by atoms with Crippen LogP contribution in [0.5, 0.6) is 0 Å². The minimum absolute atomic E-state index is 0.0632. The SMILES string of the molecule is NCCc1c[nH]cn1.O=C(O)CCCC(=O)O. The molecule has 0 spiro atoms. The first-order valence-electron chi connectivity index (χ1n) is 5.17. The van der Waals surface area contributed by atoms with Crippen LogP contribution in [0, 0.1) is 0 Å². The Kier molecular flexibility index (Phi) is 8.31. The predicted molar refractivity (Wildman–Crippen MR) is 60.5 cm³/mol. The summed E-state index contributed by atoms with van der Waals surface area (Å²) in [6.07, 6.45) is 4.46. The summed E-state index contributed by atoms with van der Waals surface area (Å²) in [4.78, 5) is 26.4. The van der Waals surface area contributed by atoms with E-state index in [1.807, 2.05) is 6.20 Å². The molecule has 0 atom stereocenters. The maximum atomic E-state index is 9.79. The quantitative estimate of drug-likeness (QED) is 0.566. The van der Waals surface area contributed by atoms with Crippen LogP contribution >= 0.6 is 0 Å². The fourth-order valence-electron chi connectivity index (χ4n) is 0.966. The number of H-pyrrole nitrogens is 1. The predicted octanol–water partition coefficient (Wildman–Crippen LogP) is 0.237. The average molecular weight is 243 g/mol. The van der Waals surface area contributed by atoms with E-state index in [0.29, 0.717) is 6.54 Å². The molecule has 0 radical (unpaired) electrons. The van der Waals surface area contributed by atoms with Crippen molar-refractivity contribution in [2.75, 3.05) is 6.54 Å². The van der Waals surface area contributed by atoms with E-state index in [9.17, 15) is 9.59 Å². The summed E-state index contributed by atoms with van der Waals surface area (Å²) in [5.74, 6) is -1.90. The Morgan fingerprint density at radius 3 is 2.24 bits per heavy atom. The average Bonchev–Trinajstić information content (AvgIpc) is 2.71. The van der Waals surface area contributed by atoms with Crippen molar-refractivity contribution in [1.82, 2.24) is 9.97 Å². The van der Waals surface area contributed by atoms with Crippen molar-refractivity contribution < 1.29 is 19.8 Å². The van der Waals surface area contributed by atoms with Crippen molar-refractivity contribution in [2.24, 2.45) is 5.73 Å². The molecule has 0 saturated carbocycles. The van der Waals surface area contributed by atoms with Crippen LogP contribution in [0.15, 0.2) is 12.5 Å². The first kappa shape index (κ1) is 15.1. The van der Waals surface area contributed by atoms with Gasteiger partial charge in [0.2, 0.25) is 0 Å². The lowest BCUT2D eigenvalue weighted by Gasteiger charge is -1.89. The fraction of sp³-hybridized carbons (Fsp3) is 0.500. The summed E-state index contributed by atoms with van der Waals surface area (Å²) in [5, 5.41) is 16.1. The largest absolute Gasteiger partial charge is 0.481 e. The number of nitrogens with zero attached hydrogens (tertiary/aromatic N) is 1. The third kappa shape index (κ3) is 10.4. The molecule has 0 saturated heterocycles. The second-order valence-corrected chi connectivity index (χ2v) is 3.24. The molecule has 0 unspecified atom stereocenters. The number of aliphatic carboxylic acids is 2. The highest BCUT2D eigenvalue weighted by atomic mass is 16.4. The van der Waals surface area contributed by atoms with Gasteiger partial charge in [-0.3, -0.25) is 9.59 Å². The van der Waals surface area contributed by atoms with E-state index >= 15 is 0 Å². The Hall–Kier alpha value is -1.89. The molecular weight excluding hydrogens is 226 g/mol. The van der Waals surface area contributed by atoms with Crippen LogP contribution in [0.25, 0.3) is 0 Å². The Morgan fingerprint density at radius 1 is 1.29 bits per heavy atom. The molecule has 0 aliphatic carbocycles. The van der Waals surface area contributed by atoms with Crippen LogP contribution in [0.2, 0.25) is 0 Å². The van der Waals surface area contributed by atoms with E-state index in [1.165, 1.54) is 0 Å². The van der Waals surface area contributed by atoms with Gasteiger partial charge < -0.3 is 20.9 Å². The second kappa shape index (κ2) is 9.34. The van der Waals surface area contributed by atoms with Crippen LogP contribution in [-0.4, -0.2) is 38.7 Å². The molecule has 7 heteroatoms. The molecule has 1 rings (SSSR count). The topological polar surface area (TPSA) is 129 Å². The van der Waals surface area contributed by atoms with Gasteiger partial charge in [-0.15, -0.1) is 0 Å². The van der Waals surface area contributed by atoms with Gasteiger partial charge in [-0.1, -0.05) is 0 Å². The van der Waals surface area contributed by atoms with Gasteiger partial charge in [0, 0.05) is 25.5 Å². The molecule has 96 valence electrons. The smallest absolute Gasteiger partial charge is 0.303 e. The fourth-order valence-corrected chi connectivity index (χ4v) is 0.966. The van der Waals surface area contributed by atoms with Crippen LogP contribution in [0.4, 0.5) is 0 Å². The number of hydrogen-bond acceptors (Lipinski definition) is 4. The lowest BCUT2D eigenvalue weighted by Crippen LogP contribution is -2.02. The number of nitrogens with one attached hydrogen (secondary N) is 1. The minimum atomic E-state index is -0.948. The highest BCUT2D eigenvalue weighted by Gasteiger charge is 1.99. The highest BCUT2D eigenvalue weighted by Crippen LogP contribution is 1.93. The van der Waals surface area contributed by atoms with E-state index in [4.69, 9.17) is 15.9 Å². The van der Waals surface area contributed by atoms with Gasteiger partial charge in [-0.2, -0.15) is 0 Å². The van der Waals surface area contributed by atoms with Gasteiger partial charge in [0.15, 0.2) is 0 Å². The number of rotatable bonds is 6. The number of carbonyl (C=O) groups is 2. The summed E-state index contributed by atoms with van der Waals surface area (Å²) in [7, 11) is 0. The minimum Gasteiger partial charge on any atom is -0.481 e. The maximum Gasteiger partial charge on any atom is 0.303 e. The monoisotopic (exact) mass is 243 g/mol. The maximum absolute atomic E-state index is 9.79. The van der Waals surface area contributed by atoms with E-state index in [-0.39, 0.29) is 19.3 Å². The van der Waals surface area contributed by atoms with E-state index in [0.717, 1.165) is 12.1 Å². The summed E-state index contributed by atoms with van der Waals surface area (Å²) in [6.45, 7) is 0.671. The lowest BCUT2D eigenvalue weighted by molar-refractivity contribution is -0.138. The molecule has 5 N–H and O–H groups in total. The Bertz CT molecular complexity index is 310. The molecule has 1 aromatic heterocycles. The van der Waals surface area contributed by atoms with E-state index in [1.54, 1.807) is 6.33 Å². The number of aromatic nitrogens is 2. The number of imidazole rings is 1. The molecule has 0 amide bonds. The summed E-state index contributed by atoms with van der Waals surface area (Å²) in [6, 6.07) is 0. The van der Waals surface area contributed by atoms with Crippen LogP contribution in [0.3, 0.4) is 0 Å². The Balaban J connectivity index is 0.000000302. The van der Waals surface area contributed by atoms with Crippen LogP contribution < -0.4 is 5.73 Å². The Labute approximate surface area is 98.7 Å². The third-order valence-corrected chi connectivity index (χ3v) is 1.74. The molecule has 17 heavy (non-hydrogen) atoms. The van der Waals surface area contributed by atoms with Crippen molar-refractivity contribution >= 4 is 11.9 Å². The normalized spacial score (nSPS) is 9.24. The van der Waals surface area contributed by atoms with Crippen molar-refractivity contribution in [1.29, 1.82) is 0 Å². The number of nitrogens with two attached hydrogens (primary N) is 1. The second-order valence-electron chi connectivity index (χ2n) is 3.24. The van der Waals surface area contributed by atoms with Gasteiger partial charge in [0.05, 0.1) is 12.0 Å². The Morgan fingerprint density at radius 2 is 1.88 bits per heavy atom. The van der Waals surface area contributed by atoms with Gasteiger partial charge in [0.25, 0.3) is 0 Å². The first-order chi connectivity index (χ1) is 8.06. The third-order valence-electron chi connectivity index (χ3n) is 1.74. The zero-order valence-corrected chi connectivity index (χ0v) is 9.43. The van der Waals surface area contributed by atoms with E-state index in [2.05, 4.69) is 9.97 Å². The molecule has 0 fully saturated rings. The first-order valence-corrected chi connectivity index (χ1v) is 5.17. The molecule has 0 aliphatic heterocycles. The van der Waals surface area contributed by atoms with Crippen LogP contribution in [-0.2, 0) is 16.0 Å². The molecule has 0 aliphatic rings. The zero-order chi connectivity index (χ0) is 13.1. The molecule has 1 aromatic rings. The van der Waals surface area contributed by atoms with Crippen LogP contribution in [0.1, 0.15) is 25.0 Å². The van der Waals surface area contributed by atoms with Crippen molar-refractivity contribution in [3.63, 3.8) is 0 Å². The van der Waals surface area contributed by atoms with Crippen molar-refractivity contribution in [3.8, 4) is 0 Å². The van der Waals surface area contributed by atoms with Crippen molar-refractivity contribution in [3.05, 3.63) is 18.2 Å². The highest BCUT2D eigenvalue weighted by molar-refractivity contribution is 5.69. The zero-order valence-electron chi connectivity index (χ0n) is 9.43. The standard InChI is InChI=1S/C5H9N3.C5H8O4/c6-2-1-5-3-7-4-8-5;6-4(7)2-1-3-5(8)9/h3-4H,1-2,6H2,(H,7,8);1-3H2,(H,6,7)(H,8,9). The molecule has 0 bridgehead atoms. The van der Waals surface area contributed by atoms with Gasteiger partial charge in [-0.25, -0.2) is 4.98 Å². The van der Waals surface area contributed by atoms with Gasteiger partial charge in [0.1, 0.15) is 0 Å². The summed E-state index contributed by atoms with van der Waals surface area (Å²) in [5.41, 5.74) is 6.30. The van der Waals surface area contributed by atoms with Gasteiger partial charge >= 0.3 is 11.9 Å². The van der Waals surface area contributed by atoms with Crippen molar-refractivity contribution in [2.45, 2.75) is 25.7 Å². The molecule has 1 heterocycles. The number of hydrogen-bond donors (Lipinski definition) is 4. The number of carboxylic acid groups (broad SMARTS) is 2.